The van der Waals surface area contributed by atoms with Crippen LogP contribution in [0.3, 0.4) is 0 Å². The maximum atomic E-state index is 13.0. The normalized spacial score (nSPS) is 15.7. The summed E-state index contributed by atoms with van der Waals surface area (Å²) in [6, 6.07) is 5.42. The van der Waals surface area contributed by atoms with Crippen LogP contribution in [0.5, 0.6) is 0 Å². The van der Waals surface area contributed by atoms with Crippen LogP contribution in [0.1, 0.15) is 18.4 Å². The Morgan fingerprint density at radius 1 is 1.30 bits per heavy atom. The maximum absolute atomic E-state index is 13.0. The summed E-state index contributed by atoms with van der Waals surface area (Å²) in [6.07, 6.45) is 1.48. The van der Waals surface area contributed by atoms with Crippen molar-refractivity contribution in [1.29, 1.82) is 0 Å². The van der Waals surface area contributed by atoms with E-state index in [2.05, 4.69) is 16.0 Å². The number of hydrogen-bond donors (Lipinski definition) is 3. The van der Waals surface area contributed by atoms with Gasteiger partial charge in [-0.3, -0.25) is 10.1 Å². The fourth-order valence-corrected chi connectivity index (χ4v) is 2.17. The number of urea groups is 1. The predicted octanol–water partition coefficient (Wildman–Crippen LogP) is 1.15. The number of carbonyl (C=O) groups is 2. The van der Waals surface area contributed by atoms with E-state index < -0.39 is 6.03 Å². The number of halogens is 1. The van der Waals surface area contributed by atoms with Gasteiger partial charge < -0.3 is 10.6 Å². The highest BCUT2D eigenvalue weighted by molar-refractivity contribution is 5.95. The zero-order valence-electron chi connectivity index (χ0n) is 11.1. The molecule has 0 atom stereocenters. The Morgan fingerprint density at radius 2 is 2.05 bits per heavy atom. The Hall–Kier alpha value is -1.95. The van der Waals surface area contributed by atoms with Crippen LogP contribution < -0.4 is 16.0 Å². The van der Waals surface area contributed by atoms with Crippen LogP contribution >= 0.6 is 0 Å². The number of carbonyl (C=O) groups excluding carboxylic acids is 2. The summed E-state index contributed by atoms with van der Waals surface area (Å²) in [4.78, 5) is 23.4. The van der Waals surface area contributed by atoms with Gasteiger partial charge >= 0.3 is 6.03 Å². The lowest BCUT2D eigenvalue weighted by Crippen LogP contribution is -2.44. The molecule has 20 heavy (non-hydrogen) atoms. The molecule has 0 bridgehead atoms. The van der Waals surface area contributed by atoms with E-state index in [1.165, 1.54) is 12.1 Å². The molecule has 1 heterocycles. The molecule has 0 aromatic heterocycles. The van der Waals surface area contributed by atoms with Crippen LogP contribution in [-0.2, 0) is 11.3 Å². The van der Waals surface area contributed by atoms with Crippen LogP contribution in [0.25, 0.3) is 0 Å². The number of amides is 3. The molecule has 1 aliphatic heterocycles. The van der Waals surface area contributed by atoms with Gasteiger partial charge in [0.15, 0.2) is 0 Å². The average Bonchev–Trinajstić information content (AvgIpc) is 2.46. The highest BCUT2D eigenvalue weighted by atomic mass is 19.1. The molecule has 1 aromatic rings. The second-order valence-electron chi connectivity index (χ2n) is 4.83. The van der Waals surface area contributed by atoms with Gasteiger partial charge in [0.05, 0.1) is 0 Å². The number of nitrogens with one attached hydrogen (secondary N) is 3. The van der Waals surface area contributed by atoms with E-state index in [4.69, 9.17) is 0 Å². The first kappa shape index (κ1) is 14.5. The van der Waals surface area contributed by atoms with Crippen molar-refractivity contribution in [3.05, 3.63) is 35.6 Å². The maximum Gasteiger partial charge on any atom is 0.321 e. The van der Waals surface area contributed by atoms with E-state index in [9.17, 15) is 14.0 Å². The third-order valence-corrected chi connectivity index (χ3v) is 3.29. The largest absolute Gasteiger partial charge is 0.334 e. The lowest BCUT2D eigenvalue weighted by atomic mass is 9.97. The zero-order valence-corrected chi connectivity index (χ0v) is 11.1. The van der Waals surface area contributed by atoms with E-state index in [0.29, 0.717) is 5.56 Å². The van der Waals surface area contributed by atoms with Crippen LogP contribution in [0.4, 0.5) is 9.18 Å². The first-order valence-corrected chi connectivity index (χ1v) is 6.69. The van der Waals surface area contributed by atoms with Gasteiger partial charge in [0.1, 0.15) is 5.82 Å². The minimum absolute atomic E-state index is 0.115. The van der Waals surface area contributed by atoms with E-state index >= 15 is 0 Å². The number of piperidine rings is 1. The first-order valence-electron chi connectivity index (χ1n) is 6.69. The number of imide groups is 1. The molecule has 5 nitrogen and oxygen atoms in total. The van der Waals surface area contributed by atoms with Gasteiger partial charge in [0.25, 0.3) is 0 Å². The van der Waals surface area contributed by atoms with Gasteiger partial charge in [-0.1, -0.05) is 12.1 Å². The third-order valence-electron chi connectivity index (χ3n) is 3.29. The van der Waals surface area contributed by atoms with Crippen molar-refractivity contribution in [2.75, 3.05) is 13.1 Å². The van der Waals surface area contributed by atoms with Gasteiger partial charge in [-0.15, -0.1) is 0 Å². The molecule has 0 unspecified atom stereocenters. The van der Waals surface area contributed by atoms with E-state index in [0.717, 1.165) is 25.9 Å². The first-order chi connectivity index (χ1) is 9.65. The van der Waals surface area contributed by atoms with E-state index in [1.807, 2.05) is 0 Å². The van der Waals surface area contributed by atoms with Crippen molar-refractivity contribution in [2.24, 2.45) is 5.92 Å². The summed E-state index contributed by atoms with van der Waals surface area (Å²) in [7, 11) is 0. The summed E-state index contributed by atoms with van der Waals surface area (Å²) < 4.78 is 13.0. The van der Waals surface area contributed by atoms with Crippen LogP contribution in [0, 0.1) is 11.7 Å². The highest BCUT2D eigenvalue weighted by Crippen LogP contribution is 2.11. The Balaban J connectivity index is 1.76. The Labute approximate surface area is 116 Å². The lowest BCUT2D eigenvalue weighted by molar-refractivity contribution is -0.124. The van der Waals surface area contributed by atoms with Crippen molar-refractivity contribution < 1.29 is 14.0 Å². The molecule has 0 radical (unpaired) electrons. The molecule has 108 valence electrons. The molecule has 0 spiro atoms. The molecule has 0 aliphatic carbocycles. The lowest BCUT2D eigenvalue weighted by Gasteiger charge is -2.21. The molecule has 6 heteroatoms. The topological polar surface area (TPSA) is 70.2 Å². The van der Waals surface area contributed by atoms with Crippen molar-refractivity contribution >= 4 is 11.9 Å². The van der Waals surface area contributed by atoms with Gasteiger partial charge in [-0.05, 0) is 43.6 Å². The van der Waals surface area contributed by atoms with Crippen LogP contribution in [0.15, 0.2) is 24.3 Å². The van der Waals surface area contributed by atoms with Gasteiger partial charge in [-0.25, -0.2) is 9.18 Å². The summed E-state index contributed by atoms with van der Waals surface area (Å²) in [6.45, 7) is 1.77. The van der Waals surface area contributed by atoms with Crippen molar-refractivity contribution in [2.45, 2.75) is 19.4 Å². The number of rotatable bonds is 3. The molecule has 3 N–H and O–H groups in total. The Kier molecular flexibility index (Phi) is 5.06. The van der Waals surface area contributed by atoms with Crippen LogP contribution in [0.2, 0.25) is 0 Å². The summed E-state index contributed by atoms with van der Waals surface area (Å²) in [5.74, 6) is -0.713. The summed E-state index contributed by atoms with van der Waals surface area (Å²) in [5.41, 5.74) is 0.648. The zero-order chi connectivity index (χ0) is 14.4. The molecule has 1 fully saturated rings. The molecule has 1 saturated heterocycles. The van der Waals surface area contributed by atoms with E-state index in [1.54, 1.807) is 12.1 Å². The molecular weight excluding hydrogens is 261 g/mol. The van der Waals surface area contributed by atoms with Gasteiger partial charge in [-0.2, -0.15) is 0 Å². The SMILES string of the molecule is O=C(NCc1cccc(F)c1)NC(=O)C1CCNCC1. The number of benzene rings is 1. The highest BCUT2D eigenvalue weighted by Gasteiger charge is 2.22. The second kappa shape index (κ2) is 7.00. The standard InChI is InChI=1S/C14H18FN3O2/c15-12-3-1-2-10(8-12)9-17-14(20)18-13(19)11-4-6-16-7-5-11/h1-3,8,11,16H,4-7,9H2,(H2,17,18,19,20). The molecule has 1 aromatic carbocycles. The van der Waals surface area contributed by atoms with Crippen LogP contribution in [-0.4, -0.2) is 25.0 Å². The fourth-order valence-electron chi connectivity index (χ4n) is 2.17. The summed E-state index contributed by atoms with van der Waals surface area (Å²) in [5, 5.41) is 8.03. The molecule has 3 amide bonds. The Bertz CT molecular complexity index is 487. The third kappa shape index (κ3) is 4.31. The molecule has 2 rings (SSSR count). The molecule has 0 saturated carbocycles. The van der Waals surface area contributed by atoms with Crippen molar-refractivity contribution in [1.82, 2.24) is 16.0 Å². The van der Waals surface area contributed by atoms with E-state index in [-0.39, 0.29) is 24.2 Å². The minimum Gasteiger partial charge on any atom is -0.334 e. The van der Waals surface area contributed by atoms with Gasteiger partial charge in [0.2, 0.25) is 5.91 Å². The van der Waals surface area contributed by atoms with Crippen molar-refractivity contribution in [3.8, 4) is 0 Å². The second-order valence-corrected chi connectivity index (χ2v) is 4.83. The van der Waals surface area contributed by atoms with Gasteiger partial charge in [0, 0.05) is 12.5 Å². The average molecular weight is 279 g/mol. The smallest absolute Gasteiger partial charge is 0.321 e. The minimum atomic E-state index is -0.544. The predicted molar refractivity (Wildman–Crippen MR) is 72.4 cm³/mol. The number of hydrogen-bond acceptors (Lipinski definition) is 3. The molecule has 1 aliphatic rings. The molecular formula is C14H18FN3O2. The summed E-state index contributed by atoms with van der Waals surface area (Å²) >= 11 is 0. The fraction of sp³-hybridized carbons (Fsp3) is 0.429. The Morgan fingerprint density at radius 3 is 2.75 bits per heavy atom. The monoisotopic (exact) mass is 279 g/mol. The quantitative estimate of drug-likeness (QED) is 0.777. The van der Waals surface area contributed by atoms with Crippen molar-refractivity contribution in [3.63, 3.8) is 0 Å².